The lowest BCUT2D eigenvalue weighted by Gasteiger charge is -2.06. The maximum Gasteiger partial charge on any atom is 0.325 e. The second-order valence-corrected chi connectivity index (χ2v) is 7.33. The number of amides is 2. The minimum Gasteiger partial charge on any atom is -0.465 e. The molecule has 0 aliphatic carbocycles. The van der Waals surface area contributed by atoms with E-state index >= 15 is 0 Å². The third-order valence-electron chi connectivity index (χ3n) is 3.83. The number of carbonyl (C=O) groups excluding carboxylic acids is 2. The molecule has 156 valence electrons. The van der Waals surface area contributed by atoms with Crippen molar-refractivity contribution in [2.24, 2.45) is 0 Å². The Kier molecular flexibility index (Phi) is 7.28. The standard InChI is InChI=1S/C20H22N6O3S/c1-3-29-19(27)12-24-20(28)23-11-18-22-10-15(30-18)14-5-4-6-16(25-14)26-17-9-13(2)7-8-21-17/h4-10H,3,11-12H2,1-2H3,(H,21,25,26)(H2,23,24,28). The Labute approximate surface area is 177 Å². The Morgan fingerprint density at radius 1 is 1.13 bits per heavy atom. The lowest BCUT2D eigenvalue weighted by molar-refractivity contribution is -0.141. The number of anilines is 2. The van der Waals surface area contributed by atoms with E-state index in [1.807, 2.05) is 37.3 Å². The minimum atomic E-state index is -0.482. The van der Waals surface area contributed by atoms with Gasteiger partial charge in [0.1, 0.15) is 23.2 Å². The van der Waals surface area contributed by atoms with Crippen LogP contribution >= 0.6 is 11.3 Å². The summed E-state index contributed by atoms with van der Waals surface area (Å²) in [6, 6.07) is 9.07. The summed E-state index contributed by atoms with van der Waals surface area (Å²) in [5.74, 6) is 0.921. The number of aromatic nitrogens is 3. The maximum absolute atomic E-state index is 11.8. The number of nitrogens with one attached hydrogen (secondary N) is 3. The van der Waals surface area contributed by atoms with Gasteiger partial charge in [0.15, 0.2) is 0 Å². The molecule has 2 amide bonds. The van der Waals surface area contributed by atoms with Crippen LogP contribution in [0.3, 0.4) is 0 Å². The Morgan fingerprint density at radius 2 is 2.00 bits per heavy atom. The monoisotopic (exact) mass is 426 g/mol. The SMILES string of the molecule is CCOC(=O)CNC(=O)NCc1ncc(-c2cccc(Nc3cc(C)ccn3)n2)s1. The summed E-state index contributed by atoms with van der Waals surface area (Å²) in [6.07, 6.45) is 3.46. The maximum atomic E-state index is 11.8. The highest BCUT2D eigenvalue weighted by molar-refractivity contribution is 7.15. The number of urea groups is 1. The molecule has 3 N–H and O–H groups in total. The molecule has 0 saturated heterocycles. The van der Waals surface area contributed by atoms with Gasteiger partial charge in [-0.1, -0.05) is 6.07 Å². The van der Waals surface area contributed by atoms with Crippen LogP contribution in [0.1, 0.15) is 17.5 Å². The highest BCUT2D eigenvalue weighted by atomic mass is 32.1. The van der Waals surface area contributed by atoms with Gasteiger partial charge in [0.2, 0.25) is 0 Å². The van der Waals surface area contributed by atoms with Gasteiger partial charge in [-0.05, 0) is 43.7 Å². The molecule has 0 aromatic carbocycles. The average molecular weight is 427 g/mol. The summed E-state index contributed by atoms with van der Waals surface area (Å²) in [4.78, 5) is 37.1. The molecular weight excluding hydrogens is 404 g/mol. The van der Waals surface area contributed by atoms with Crippen molar-refractivity contribution in [3.05, 3.63) is 53.3 Å². The molecule has 0 aliphatic rings. The average Bonchev–Trinajstić information content (AvgIpc) is 3.20. The molecule has 10 heteroatoms. The van der Waals surface area contributed by atoms with Crippen LogP contribution in [0, 0.1) is 6.92 Å². The first-order valence-corrected chi connectivity index (χ1v) is 10.1. The molecule has 0 radical (unpaired) electrons. The van der Waals surface area contributed by atoms with Gasteiger partial charge in [-0.3, -0.25) is 4.79 Å². The number of hydrogen-bond acceptors (Lipinski definition) is 8. The number of nitrogens with zero attached hydrogens (tertiary/aromatic N) is 3. The first-order chi connectivity index (χ1) is 14.5. The fourth-order valence-electron chi connectivity index (χ4n) is 2.47. The van der Waals surface area contributed by atoms with Gasteiger partial charge in [0.25, 0.3) is 0 Å². The van der Waals surface area contributed by atoms with Crippen molar-refractivity contribution < 1.29 is 14.3 Å². The van der Waals surface area contributed by atoms with Crippen LogP contribution in [-0.2, 0) is 16.1 Å². The van der Waals surface area contributed by atoms with Crippen molar-refractivity contribution in [3.8, 4) is 10.6 Å². The fraction of sp³-hybridized carbons (Fsp3) is 0.250. The quantitative estimate of drug-likeness (QED) is 0.474. The van der Waals surface area contributed by atoms with Crippen LogP contribution in [0.25, 0.3) is 10.6 Å². The van der Waals surface area contributed by atoms with E-state index in [2.05, 4.69) is 30.9 Å². The zero-order valence-electron chi connectivity index (χ0n) is 16.6. The van der Waals surface area contributed by atoms with E-state index in [4.69, 9.17) is 4.74 Å². The first kappa shape index (κ1) is 21.2. The van der Waals surface area contributed by atoms with Crippen LogP contribution in [0.2, 0.25) is 0 Å². The number of pyridine rings is 2. The highest BCUT2D eigenvalue weighted by Gasteiger charge is 2.10. The van der Waals surface area contributed by atoms with Crippen LogP contribution < -0.4 is 16.0 Å². The van der Waals surface area contributed by atoms with Crippen LogP contribution in [0.4, 0.5) is 16.4 Å². The summed E-state index contributed by atoms with van der Waals surface area (Å²) < 4.78 is 4.75. The zero-order valence-corrected chi connectivity index (χ0v) is 17.5. The molecule has 0 unspecified atom stereocenters. The van der Waals surface area contributed by atoms with Crippen molar-refractivity contribution in [3.63, 3.8) is 0 Å². The van der Waals surface area contributed by atoms with Crippen molar-refractivity contribution in [1.82, 2.24) is 25.6 Å². The molecule has 9 nitrogen and oxygen atoms in total. The van der Waals surface area contributed by atoms with E-state index in [1.165, 1.54) is 11.3 Å². The smallest absolute Gasteiger partial charge is 0.325 e. The predicted molar refractivity (Wildman–Crippen MR) is 114 cm³/mol. The molecule has 0 aliphatic heterocycles. The van der Waals surface area contributed by atoms with Gasteiger partial charge in [-0.25, -0.2) is 19.7 Å². The molecule has 0 saturated carbocycles. The van der Waals surface area contributed by atoms with E-state index in [0.717, 1.165) is 27.0 Å². The zero-order chi connectivity index (χ0) is 21.3. The fourth-order valence-corrected chi connectivity index (χ4v) is 3.30. The van der Waals surface area contributed by atoms with Crippen molar-refractivity contribution >= 4 is 35.0 Å². The number of ether oxygens (including phenoxy) is 1. The van der Waals surface area contributed by atoms with Gasteiger partial charge in [0, 0.05) is 12.4 Å². The summed E-state index contributed by atoms with van der Waals surface area (Å²) >= 11 is 1.43. The molecule has 3 rings (SSSR count). The minimum absolute atomic E-state index is 0.178. The third kappa shape index (κ3) is 6.24. The summed E-state index contributed by atoms with van der Waals surface area (Å²) in [6.45, 7) is 4.04. The molecule has 0 fully saturated rings. The lowest BCUT2D eigenvalue weighted by Crippen LogP contribution is -2.38. The van der Waals surface area contributed by atoms with Gasteiger partial charge < -0.3 is 20.7 Å². The number of esters is 1. The molecular formula is C20H22N6O3S. The van der Waals surface area contributed by atoms with E-state index in [9.17, 15) is 9.59 Å². The topological polar surface area (TPSA) is 118 Å². The van der Waals surface area contributed by atoms with E-state index < -0.39 is 12.0 Å². The lowest BCUT2D eigenvalue weighted by atomic mass is 10.3. The van der Waals surface area contributed by atoms with Crippen LogP contribution in [-0.4, -0.2) is 40.1 Å². The normalized spacial score (nSPS) is 10.3. The van der Waals surface area contributed by atoms with E-state index in [-0.39, 0.29) is 19.7 Å². The van der Waals surface area contributed by atoms with Crippen molar-refractivity contribution in [2.75, 3.05) is 18.5 Å². The second-order valence-electron chi connectivity index (χ2n) is 6.21. The van der Waals surface area contributed by atoms with Crippen molar-refractivity contribution in [2.45, 2.75) is 20.4 Å². The summed E-state index contributed by atoms with van der Waals surface area (Å²) in [7, 11) is 0. The Bertz CT molecular complexity index is 1020. The largest absolute Gasteiger partial charge is 0.465 e. The molecule has 0 spiro atoms. The number of aryl methyl sites for hydroxylation is 1. The number of hydrogen-bond donors (Lipinski definition) is 3. The van der Waals surface area contributed by atoms with E-state index in [0.29, 0.717) is 5.82 Å². The summed E-state index contributed by atoms with van der Waals surface area (Å²) in [5, 5.41) is 9.01. The predicted octanol–water partition coefficient (Wildman–Crippen LogP) is 3.01. The van der Waals surface area contributed by atoms with Gasteiger partial charge in [0.05, 0.1) is 23.7 Å². The molecule has 0 bridgehead atoms. The number of thiazole rings is 1. The third-order valence-corrected chi connectivity index (χ3v) is 4.85. The molecule has 3 aromatic heterocycles. The number of carbonyl (C=O) groups is 2. The summed E-state index contributed by atoms with van der Waals surface area (Å²) in [5.41, 5.74) is 1.87. The second kappa shape index (κ2) is 10.3. The van der Waals surface area contributed by atoms with Crippen molar-refractivity contribution in [1.29, 1.82) is 0 Å². The van der Waals surface area contributed by atoms with Gasteiger partial charge in [-0.15, -0.1) is 11.3 Å². The molecule has 3 aromatic rings. The Morgan fingerprint density at radius 3 is 2.80 bits per heavy atom. The Balaban J connectivity index is 1.56. The first-order valence-electron chi connectivity index (χ1n) is 9.32. The van der Waals surface area contributed by atoms with Crippen LogP contribution in [0.5, 0.6) is 0 Å². The van der Waals surface area contributed by atoms with Gasteiger partial charge in [-0.2, -0.15) is 0 Å². The molecule has 30 heavy (non-hydrogen) atoms. The van der Waals surface area contributed by atoms with E-state index in [1.54, 1.807) is 19.3 Å². The highest BCUT2D eigenvalue weighted by Crippen LogP contribution is 2.26. The molecule has 0 atom stereocenters. The van der Waals surface area contributed by atoms with Gasteiger partial charge >= 0.3 is 12.0 Å². The Hall–Kier alpha value is -3.53. The van der Waals surface area contributed by atoms with Crippen LogP contribution in [0.15, 0.2) is 42.7 Å². The number of rotatable bonds is 8. The molecule has 3 heterocycles.